The number of ether oxygens (including phenoxy) is 2. The first-order chi connectivity index (χ1) is 7.27. The number of rotatable bonds is 4. The lowest BCUT2D eigenvalue weighted by atomic mass is 9.90. The first-order valence-corrected chi connectivity index (χ1v) is 6.20. The van der Waals surface area contributed by atoms with E-state index in [0.29, 0.717) is 24.0 Å². The zero-order valence-corrected chi connectivity index (χ0v) is 9.87. The summed E-state index contributed by atoms with van der Waals surface area (Å²) < 4.78 is 11.3. The van der Waals surface area contributed by atoms with Crippen LogP contribution in [-0.2, 0) is 9.47 Å². The Morgan fingerprint density at radius 2 is 2.13 bits per heavy atom. The monoisotopic (exact) mass is 213 g/mol. The van der Waals surface area contributed by atoms with Crippen molar-refractivity contribution in [2.24, 2.45) is 11.8 Å². The fourth-order valence-electron chi connectivity index (χ4n) is 2.59. The van der Waals surface area contributed by atoms with Crippen molar-refractivity contribution < 1.29 is 9.47 Å². The summed E-state index contributed by atoms with van der Waals surface area (Å²) in [5.41, 5.74) is 0. The SMILES string of the molecule is CC(C)NCC1CCOC1C1CCOC1. The summed E-state index contributed by atoms with van der Waals surface area (Å²) in [5.74, 6) is 1.34. The fraction of sp³-hybridized carbons (Fsp3) is 1.00. The van der Waals surface area contributed by atoms with Crippen molar-refractivity contribution in [3.05, 3.63) is 0 Å². The number of nitrogens with one attached hydrogen (secondary N) is 1. The maximum atomic E-state index is 5.86. The van der Waals surface area contributed by atoms with Crippen molar-refractivity contribution in [3.63, 3.8) is 0 Å². The molecule has 3 nitrogen and oxygen atoms in total. The van der Waals surface area contributed by atoms with Gasteiger partial charge in [0.05, 0.1) is 12.7 Å². The molecule has 2 rings (SSSR count). The summed E-state index contributed by atoms with van der Waals surface area (Å²) in [4.78, 5) is 0. The van der Waals surface area contributed by atoms with Crippen molar-refractivity contribution >= 4 is 0 Å². The Labute approximate surface area is 92.5 Å². The van der Waals surface area contributed by atoms with Crippen molar-refractivity contribution in [3.8, 4) is 0 Å². The van der Waals surface area contributed by atoms with Gasteiger partial charge in [0.15, 0.2) is 0 Å². The van der Waals surface area contributed by atoms with Gasteiger partial charge in [-0.25, -0.2) is 0 Å². The fourth-order valence-corrected chi connectivity index (χ4v) is 2.59. The molecule has 0 spiro atoms. The van der Waals surface area contributed by atoms with E-state index in [0.717, 1.165) is 26.4 Å². The van der Waals surface area contributed by atoms with Crippen LogP contribution in [0.15, 0.2) is 0 Å². The predicted octanol–water partition coefficient (Wildman–Crippen LogP) is 1.43. The first kappa shape index (κ1) is 11.4. The second kappa shape index (κ2) is 5.28. The largest absolute Gasteiger partial charge is 0.381 e. The molecule has 2 saturated heterocycles. The van der Waals surface area contributed by atoms with E-state index in [1.165, 1.54) is 12.8 Å². The van der Waals surface area contributed by atoms with Crippen LogP contribution < -0.4 is 5.32 Å². The van der Waals surface area contributed by atoms with Crippen LogP contribution in [-0.4, -0.2) is 38.5 Å². The van der Waals surface area contributed by atoms with Gasteiger partial charge < -0.3 is 14.8 Å². The molecule has 15 heavy (non-hydrogen) atoms. The van der Waals surface area contributed by atoms with Crippen LogP contribution in [0.5, 0.6) is 0 Å². The van der Waals surface area contributed by atoms with Gasteiger partial charge in [-0.15, -0.1) is 0 Å². The molecule has 2 aliphatic rings. The van der Waals surface area contributed by atoms with Gasteiger partial charge in [-0.1, -0.05) is 13.8 Å². The van der Waals surface area contributed by atoms with Crippen LogP contribution in [0, 0.1) is 11.8 Å². The van der Waals surface area contributed by atoms with Crippen molar-refractivity contribution in [1.82, 2.24) is 5.32 Å². The third-order valence-corrected chi connectivity index (χ3v) is 3.48. The molecule has 0 aromatic heterocycles. The topological polar surface area (TPSA) is 30.5 Å². The van der Waals surface area contributed by atoms with Gasteiger partial charge >= 0.3 is 0 Å². The molecule has 0 aromatic rings. The Bertz CT molecular complexity index is 190. The zero-order chi connectivity index (χ0) is 10.7. The molecular formula is C12H23NO2. The van der Waals surface area contributed by atoms with E-state index >= 15 is 0 Å². The van der Waals surface area contributed by atoms with E-state index in [1.807, 2.05) is 0 Å². The summed E-state index contributed by atoms with van der Waals surface area (Å²) in [7, 11) is 0. The van der Waals surface area contributed by atoms with Crippen molar-refractivity contribution in [2.45, 2.75) is 38.8 Å². The average molecular weight is 213 g/mol. The second-order valence-corrected chi connectivity index (χ2v) is 5.07. The lowest BCUT2D eigenvalue weighted by Gasteiger charge is -2.24. The first-order valence-electron chi connectivity index (χ1n) is 6.20. The van der Waals surface area contributed by atoms with Gasteiger partial charge in [-0.3, -0.25) is 0 Å². The Morgan fingerprint density at radius 3 is 2.80 bits per heavy atom. The highest BCUT2D eigenvalue weighted by Gasteiger charge is 2.36. The summed E-state index contributed by atoms with van der Waals surface area (Å²) in [6.45, 7) is 8.26. The highest BCUT2D eigenvalue weighted by Crippen LogP contribution is 2.31. The summed E-state index contributed by atoms with van der Waals surface area (Å²) >= 11 is 0. The molecule has 1 N–H and O–H groups in total. The Balaban J connectivity index is 1.81. The minimum Gasteiger partial charge on any atom is -0.381 e. The zero-order valence-electron chi connectivity index (χ0n) is 9.87. The van der Waals surface area contributed by atoms with Crippen LogP contribution in [0.4, 0.5) is 0 Å². The third kappa shape index (κ3) is 2.92. The summed E-state index contributed by atoms with van der Waals surface area (Å²) in [5, 5.41) is 3.52. The lowest BCUT2D eigenvalue weighted by molar-refractivity contribution is 0.0354. The molecule has 3 atom stereocenters. The van der Waals surface area contributed by atoms with Crippen LogP contribution in [0.25, 0.3) is 0 Å². The van der Waals surface area contributed by atoms with Crippen LogP contribution in [0.3, 0.4) is 0 Å². The lowest BCUT2D eigenvalue weighted by Crippen LogP contribution is -2.36. The van der Waals surface area contributed by atoms with Crippen molar-refractivity contribution in [2.75, 3.05) is 26.4 Å². The van der Waals surface area contributed by atoms with Gasteiger partial charge in [0.2, 0.25) is 0 Å². The molecule has 2 heterocycles. The standard InChI is InChI=1S/C12H23NO2/c1-9(2)13-7-10-4-6-15-12(10)11-3-5-14-8-11/h9-13H,3-8H2,1-2H3. The Morgan fingerprint density at radius 1 is 1.27 bits per heavy atom. The molecule has 0 aromatic carbocycles. The highest BCUT2D eigenvalue weighted by molar-refractivity contribution is 4.85. The van der Waals surface area contributed by atoms with Gasteiger partial charge in [0, 0.05) is 37.6 Å². The summed E-state index contributed by atoms with van der Waals surface area (Å²) in [6, 6.07) is 0.575. The molecule has 3 heteroatoms. The Hall–Kier alpha value is -0.120. The molecule has 2 fully saturated rings. The van der Waals surface area contributed by atoms with Gasteiger partial charge in [-0.05, 0) is 12.8 Å². The molecular weight excluding hydrogens is 190 g/mol. The van der Waals surface area contributed by atoms with E-state index in [4.69, 9.17) is 9.47 Å². The second-order valence-electron chi connectivity index (χ2n) is 5.07. The van der Waals surface area contributed by atoms with Crippen LogP contribution in [0.2, 0.25) is 0 Å². The van der Waals surface area contributed by atoms with Gasteiger partial charge in [0.1, 0.15) is 0 Å². The minimum absolute atomic E-state index is 0.443. The molecule has 0 bridgehead atoms. The highest BCUT2D eigenvalue weighted by atomic mass is 16.5. The molecule has 3 unspecified atom stereocenters. The molecule has 0 amide bonds. The maximum Gasteiger partial charge on any atom is 0.0667 e. The predicted molar refractivity (Wildman–Crippen MR) is 59.9 cm³/mol. The quantitative estimate of drug-likeness (QED) is 0.766. The minimum atomic E-state index is 0.443. The van der Waals surface area contributed by atoms with E-state index in [1.54, 1.807) is 0 Å². The molecule has 0 saturated carbocycles. The number of hydrogen-bond acceptors (Lipinski definition) is 3. The molecule has 2 aliphatic heterocycles. The van der Waals surface area contributed by atoms with Gasteiger partial charge in [0.25, 0.3) is 0 Å². The smallest absolute Gasteiger partial charge is 0.0667 e. The normalized spacial score (nSPS) is 36.6. The molecule has 88 valence electrons. The third-order valence-electron chi connectivity index (χ3n) is 3.48. The summed E-state index contributed by atoms with van der Waals surface area (Å²) in [6.07, 6.45) is 2.84. The van der Waals surface area contributed by atoms with E-state index in [9.17, 15) is 0 Å². The average Bonchev–Trinajstić information content (AvgIpc) is 2.85. The van der Waals surface area contributed by atoms with E-state index < -0.39 is 0 Å². The number of hydrogen-bond donors (Lipinski definition) is 1. The molecule has 0 aliphatic carbocycles. The van der Waals surface area contributed by atoms with E-state index in [-0.39, 0.29) is 0 Å². The van der Waals surface area contributed by atoms with E-state index in [2.05, 4.69) is 19.2 Å². The van der Waals surface area contributed by atoms with Crippen LogP contribution in [0.1, 0.15) is 26.7 Å². The van der Waals surface area contributed by atoms with Crippen LogP contribution >= 0.6 is 0 Å². The van der Waals surface area contributed by atoms with Gasteiger partial charge in [-0.2, -0.15) is 0 Å². The van der Waals surface area contributed by atoms with Crippen molar-refractivity contribution in [1.29, 1.82) is 0 Å². The Kier molecular flexibility index (Phi) is 4.00. The maximum absolute atomic E-state index is 5.86. The molecule has 0 radical (unpaired) electrons.